The van der Waals surface area contributed by atoms with Crippen LogP contribution in [0, 0.1) is 0 Å². The van der Waals surface area contributed by atoms with Gasteiger partial charge in [-0.25, -0.2) is 0 Å². The summed E-state index contributed by atoms with van der Waals surface area (Å²) in [5.41, 5.74) is 0.772. The number of hydrogen-bond donors (Lipinski definition) is 1. The Labute approximate surface area is 148 Å². The number of hydrogen-bond acceptors (Lipinski definition) is 3. The molecule has 0 spiro atoms. The maximum absolute atomic E-state index is 11.7. The number of thiophene rings is 1. The van der Waals surface area contributed by atoms with Crippen LogP contribution in [0.25, 0.3) is 6.08 Å². The molecule has 0 aliphatic carbocycles. The zero-order valence-corrected chi connectivity index (χ0v) is 14.9. The number of amides is 1. The maximum atomic E-state index is 11.7. The van der Waals surface area contributed by atoms with E-state index in [0.717, 1.165) is 17.1 Å². The van der Waals surface area contributed by atoms with Crippen LogP contribution in [0.3, 0.4) is 0 Å². The summed E-state index contributed by atoms with van der Waals surface area (Å²) >= 11 is 15.4. The number of halogens is 2. The van der Waals surface area contributed by atoms with Crippen molar-refractivity contribution in [3.05, 3.63) is 62.3 Å². The highest BCUT2D eigenvalue weighted by atomic mass is 35.5. The minimum absolute atomic E-state index is 0.122. The molecule has 22 heavy (non-hydrogen) atoms. The first kappa shape index (κ1) is 17.4. The molecule has 0 aliphatic heterocycles. The fraction of sp³-hybridized carbons (Fsp3) is 0.188. The van der Waals surface area contributed by atoms with Crippen LogP contribution in [-0.4, -0.2) is 18.2 Å². The Morgan fingerprint density at radius 1 is 1.32 bits per heavy atom. The summed E-state index contributed by atoms with van der Waals surface area (Å²) < 4.78 is 0. The fourth-order valence-corrected chi connectivity index (χ4v) is 3.85. The van der Waals surface area contributed by atoms with Gasteiger partial charge in [0.25, 0.3) is 0 Å². The van der Waals surface area contributed by atoms with Gasteiger partial charge in [0.1, 0.15) is 0 Å². The van der Waals surface area contributed by atoms with E-state index in [1.807, 2.05) is 11.8 Å². The molecule has 0 atom stereocenters. The van der Waals surface area contributed by atoms with Crippen LogP contribution in [0.1, 0.15) is 10.4 Å². The molecule has 0 bridgehead atoms. The van der Waals surface area contributed by atoms with Crippen molar-refractivity contribution in [3.8, 4) is 0 Å². The second-order valence-electron chi connectivity index (χ2n) is 4.42. The number of carbonyl (C=O) groups is 1. The molecular formula is C16H15Cl2NOS2. The monoisotopic (exact) mass is 371 g/mol. The topological polar surface area (TPSA) is 29.1 Å². The molecule has 0 radical (unpaired) electrons. The summed E-state index contributed by atoms with van der Waals surface area (Å²) in [6.45, 7) is 0.646. The van der Waals surface area contributed by atoms with E-state index in [-0.39, 0.29) is 5.91 Å². The summed E-state index contributed by atoms with van der Waals surface area (Å²) in [5, 5.41) is 6.03. The maximum Gasteiger partial charge on any atom is 0.244 e. The van der Waals surface area contributed by atoms with Gasteiger partial charge in [-0.2, -0.15) is 11.8 Å². The molecule has 1 amide bonds. The summed E-state index contributed by atoms with van der Waals surface area (Å²) in [4.78, 5) is 13.1. The van der Waals surface area contributed by atoms with Crippen LogP contribution >= 0.6 is 46.3 Å². The van der Waals surface area contributed by atoms with Gasteiger partial charge < -0.3 is 5.32 Å². The first-order valence-corrected chi connectivity index (χ1v) is 9.45. The fourth-order valence-electron chi connectivity index (χ4n) is 1.67. The van der Waals surface area contributed by atoms with Crippen molar-refractivity contribution < 1.29 is 4.79 Å². The first-order valence-electron chi connectivity index (χ1n) is 6.66. The van der Waals surface area contributed by atoms with Crippen molar-refractivity contribution in [1.29, 1.82) is 0 Å². The van der Waals surface area contributed by atoms with Gasteiger partial charge in [-0.3, -0.25) is 4.79 Å². The van der Waals surface area contributed by atoms with Crippen molar-refractivity contribution in [2.75, 3.05) is 12.3 Å². The van der Waals surface area contributed by atoms with E-state index in [0.29, 0.717) is 16.6 Å². The third-order valence-corrected chi connectivity index (χ3v) is 5.38. The second-order valence-corrected chi connectivity index (χ2v) is 7.40. The lowest BCUT2D eigenvalue weighted by molar-refractivity contribution is -0.116. The Morgan fingerprint density at radius 3 is 2.91 bits per heavy atom. The van der Waals surface area contributed by atoms with Crippen LogP contribution in [0.4, 0.5) is 0 Å². The smallest absolute Gasteiger partial charge is 0.244 e. The van der Waals surface area contributed by atoms with Crippen LogP contribution in [0.15, 0.2) is 41.8 Å². The van der Waals surface area contributed by atoms with Crippen molar-refractivity contribution in [1.82, 2.24) is 5.32 Å². The molecule has 1 heterocycles. The Kier molecular flexibility index (Phi) is 7.33. The Morgan fingerprint density at radius 2 is 2.18 bits per heavy atom. The van der Waals surface area contributed by atoms with E-state index in [4.69, 9.17) is 23.2 Å². The molecule has 2 nitrogen and oxygen atoms in total. The molecule has 0 fully saturated rings. The summed E-state index contributed by atoms with van der Waals surface area (Å²) in [7, 11) is 0. The molecule has 1 aromatic carbocycles. The lowest BCUT2D eigenvalue weighted by Crippen LogP contribution is -2.23. The number of rotatable bonds is 7. The van der Waals surface area contributed by atoms with E-state index < -0.39 is 0 Å². The van der Waals surface area contributed by atoms with Crippen molar-refractivity contribution in [3.63, 3.8) is 0 Å². The predicted molar refractivity (Wildman–Crippen MR) is 99.0 cm³/mol. The summed E-state index contributed by atoms with van der Waals surface area (Å²) in [6, 6.07) is 9.35. The van der Waals surface area contributed by atoms with Gasteiger partial charge >= 0.3 is 0 Å². The number of thioether (sulfide) groups is 1. The van der Waals surface area contributed by atoms with E-state index in [1.54, 1.807) is 35.6 Å². The molecule has 116 valence electrons. The van der Waals surface area contributed by atoms with Gasteiger partial charge in [0.15, 0.2) is 0 Å². The molecule has 0 saturated heterocycles. The molecule has 2 rings (SSSR count). The Hall–Kier alpha value is -0.940. The minimum Gasteiger partial charge on any atom is -0.352 e. The summed E-state index contributed by atoms with van der Waals surface area (Å²) in [5.74, 6) is 1.76. The van der Waals surface area contributed by atoms with Crippen LogP contribution < -0.4 is 5.32 Å². The predicted octanol–water partition coefficient (Wildman–Crippen LogP) is 5.12. The minimum atomic E-state index is -0.122. The SMILES string of the molecule is O=C(/C=C/c1ccc(Cl)cc1Cl)NCCSCc1cccs1. The molecule has 1 aromatic heterocycles. The van der Waals surface area contributed by atoms with Gasteiger partial charge in [0, 0.05) is 39.0 Å². The largest absolute Gasteiger partial charge is 0.352 e. The van der Waals surface area contributed by atoms with Gasteiger partial charge in [-0.15, -0.1) is 11.3 Å². The van der Waals surface area contributed by atoms with E-state index >= 15 is 0 Å². The number of benzene rings is 1. The van der Waals surface area contributed by atoms with Gasteiger partial charge in [0.2, 0.25) is 5.91 Å². The zero-order chi connectivity index (χ0) is 15.8. The molecule has 1 N–H and O–H groups in total. The van der Waals surface area contributed by atoms with Crippen molar-refractivity contribution >= 4 is 58.3 Å². The highest BCUT2D eigenvalue weighted by molar-refractivity contribution is 7.98. The highest BCUT2D eigenvalue weighted by Gasteiger charge is 2.00. The van der Waals surface area contributed by atoms with Gasteiger partial charge in [-0.1, -0.05) is 35.3 Å². The van der Waals surface area contributed by atoms with E-state index in [1.165, 1.54) is 11.0 Å². The number of carbonyl (C=O) groups excluding carboxylic acids is 1. The molecule has 0 aliphatic rings. The normalized spacial score (nSPS) is 11.0. The van der Waals surface area contributed by atoms with Crippen LogP contribution in [0.2, 0.25) is 10.0 Å². The summed E-state index contributed by atoms with van der Waals surface area (Å²) in [6.07, 6.45) is 3.17. The number of nitrogens with one attached hydrogen (secondary N) is 1. The highest BCUT2D eigenvalue weighted by Crippen LogP contribution is 2.21. The first-order chi connectivity index (χ1) is 10.6. The molecule has 0 unspecified atom stereocenters. The van der Waals surface area contributed by atoms with Crippen LogP contribution in [0.5, 0.6) is 0 Å². The van der Waals surface area contributed by atoms with E-state index in [2.05, 4.69) is 22.8 Å². The van der Waals surface area contributed by atoms with Crippen LogP contribution in [-0.2, 0) is 10.5 Å². The average molecular weight is 372 g/mol. The third-order valence-electron chi connectivity index (χ3n) is 2.75. The standard InChI is InChI=1S/C16H15Cl2NOS2/c17-13-5-3-12(15(18)10-13)4-6-16(20)19-7-9-21-11-14-2-1-8-22-14/h1-6,8,10H,7,9,11H2,(H,19,20)/b6-4+. The third kappa shape index (κ3) is 6.05. The molecule has 2 aromatic rings. The lowest BCUT2D eigenvalue weighted by atomic mass is 10.2. The second kappa shape index (κ2) is 9.26. The van der Waals surface area contributed by atoms with Gasteiger partial charge in [-0.05, 0) is 35.2 Å². The Bertz CT molecular complexity index is 642. The average Bonchev–Trinajstić information content (AvgIpc) is 2.99. The van der Waals surface area contributed by atoms with Crippen molar-refractivity contribution in [2.24, 2.45) is 0 Å². The lowest BCUT2D eigenvalue weighted by Gasteiger charge is -2.02. The van der Waals surface area contributed by atoms with Gasteiger partial charge in [0.05, 0.1) is 0 Å². The Balaban J connectivity index is 1.68. The quantitative estimate of drug-likeness (QED) is 0.540. The molecule has 6 heteroatoms. The van der Waals surface area contributed by atoms with Crippen molar-refractivity contribution in [2.45, 2.75) is 5.75 Å². The molecular weight excluding hydrogens is 357 g/mol. The molecule has 0 saturated carbocycles. The van der Waals surface area contributed by atoms with E-state index in [9.17, 15) is 4.79 Å². The zero-order valence-electron chi connectivity index (χ0n) is 11.7.